The molecule has 1 aromatic carbocycles. The Morgan fingerprint density at radius 3 is 2.66 bits per heavy atom. The van der Waals surface area contributed by atoms with Crippen molar-refractivity contribution < 1.29 is 13.2 Å². The van der Waals surface area contributed by atoms with Crippen molar-refractivity contribution in [1.29, 1.82) is 0 Å². The van der Waals surface area contributed by atoms with E-state index in [1.54, 1.807) is 18.7 Å². The van der Waals surface area contributed by atoms with Gasteiger partial charge in [-0.15, -0.1) is 11.8 Å². The zero-order valence-electron chi connectivity index (χ0n) is 16.7. The average molecular weight is 435 g/mol. The molecule has 0 aliphatic carbocycles. The number of aryl methyl sites for hydroxylation is 1. The van der Waals surface area contributed by atoms with Crippen molar-refractivity contribution in [3.63, 3.8) is 0 Å². The maximum absolute atomic E-state index is 13.2. The van der Waals surface area contributed by atoms with E-state index in [9.17, 15) is 13.2 Å². The number of hydrogen-bond acceptors (Lipinski definition) is 5. The Bertz CT molecular complexity index is 1050. The van der Waals surface area contributed by atoms with Crippen LogP contribution in [0.15, 0.2) is 29.3 Å². The van der Waals surface area contributed by atoms with E-state index in [1.807, 2.05) is 46.9 Å². The van der Waals surface area contributed by atoms with Crippen LogP contribution in [0.2, 0.25) is 0 Å². The van der Waals surface area contributed by atoms with Crippen molar-refractivity contribution in [1.82, 2.24) is 18.8 Å². The first-order valence-corrected chi connectivity index (χ1v) is 12.6. The van der Waals surface area contributed by atoms with Gasteiger partial charge in [0.25, 0.3) is 0 Å². The molecule has 3 heterocycles. The second-order valence-electron chi connectivity index (χ2n) is 7.41. The summed E-state index contributed by atoms with van der Waals surface area (Å²) in [6.07, 6.45) is 3.16. The van der Waals surface area contributed by atoms with E-state index >= 15 is 0 Å². The van der Waals surface area contributed by atoms with Gasteiger partial charge in [-0.25, -0.2) is 17.7 Å². The third-order valence-corrected chi connectivity index (χ3v) is 8.63. The van der Waals surface area contributed by atoms with Gasteiger partial charge in [0.05, 0.1) is 21.8 Å². The van der Waals surface area contributed by atoms with Gasteiger partial charge in [-0.05, 0) is 31.9 Å². The molecule has 0 spiro atoms. The summed E-state index contributed by atoms with van der Waals surface area (Å²) in [5.74, 6) is 1.79. The molecular weight excluding hydrogens is 408 g/mol. The maximum atomic E-state index is 13.2. The molecule has 0 N–H and O–H groups in total. The van der Waals surface area contributed by atoms with Crippen molar-refractivity contribution in [2.24, 2.45) is 13.0 Å². The summed E-state index contributed by atoms with van der Waals surface area (Å²) >= 11 is 1.67. The minimum absolute atomic E-state index is 0.105. The molecule has 2 saturated heterocycles. The number of amides is 1. The number of sulfonamides is 1. The Hall–Kier alpha value is -1.84. The smallest absolute Gasteiger partial charge is 0.230 e. The first-order valence-electron chi connectivity index (χ1n) is 9.96. The molecule has 9 heteroatoms. The number of thioether (sulfide) groups is 1. The van der Waals surface area contributed by atoms with Gasteiger partial charge in [0, 0.05) is 44.4 Å². The average Bonchev–Trinajstić information content (AvgIpc) is 3.33. The van der Waals surface area contributed by atoms with E-state index < -0.39 is 10.0 Å². The van der Waals surface area contributed by atoms with Gasteiger partial charge in [-0.3, -0.25) is 4.79 Å². The number of fused-ring (bicyclic) bond motifs is 1. The molecule has 0 unspecified atom stereocenters. The summed E-state index contributed by atoms with van der Waals surface area (Å²) in [7, 11) is -1.19. The minimum atomic E-state index is -3.18. The Labute approximate surface area is 175 Å². The predicted octanol–water partition coefficient (Wildman–Crippen LogP) is 2.51. The summed E-state index contributed by atoms with van der Waals surface area (Å²) in [5.41, 5.74) is 2.00. The molecule has 1 amide bonds. The Morgan fingerprint density at radius 1 is 1.24 bits per heavy atom. The van der Waals surface area contributed by atoms with Crippen LogP contribution in [0, 0.1) is 5.92 Å². The fourth-order valence-corrected chi connectivity index (χ4v) is 6.10. The molecule has 7 nitrogen and oxygen atoms in total. The summed E-state index contributed by atoms with van der Waals surface area (Å²) in [4.78, 5) is 19.7. The molecule has 156 valence electrons. The molecular formula is C20H26N4O3S2. The second kappa shape index (κ2) is 8.12. The molecule has 2 aliphatic heterocycles. The van der Waals surface area contributed by atoms with Crippen molar-refractivity contribution >= 4 is 44.8 Å². The van der Waals surface area contributed by atoms with Gasteiger partial charge in [-0.1, -0.05) is 12.1 Å². The van der Waals surface area contributed by atoms with Crippen LogP contribution in [0.5, 0.6) is 0 Å². The number of hydrogen-bond donors (Lipinski definition) is 0. The van der Waals surface area contributed by atoms with Crippen LogP contribution in [-0.4, -0.2) is 64.2 Å². The van der Waals surface area contributed by atoms with Gasteiger partial charge in [-0.2, -0.15) is 0 Å². The molecule has 0 saturated carbocycles. The van der Waals surface area contributed by atoms with Gasteiger partial charge in [0.15, 0.2) is 0 Å². The number of imidazole rings is 1. The van der Waals surface area contributed by atoms with Crippen LogP contribution in [0.1, 0.15) is 25.6 Å². The molecule has 0 radical (unpaired) electrons. The topological polar surface area (TPSA) is 75.5 Å². The Balaban J connectivity index is 1.50. The van der Waals surface area contributed by atoms with E-state index in [2.05, 4.69) is 0 Å². The maximum Gasteiger partial charge on any atom is 0.230 e. The van der Waals surface area contributed by atoms with Crippen molar-refractivity contribution in [3.05, 3.63) is 35.1 Å². The quantitative estimate of drug-likeness (QED) is 0.739. The normalized spacial score (nSPS) is 20.8. The number of para-hydroxylation sites is 2. The number of aromatic nitrogens is 2. The van der Waals surface area contributed by atoms with Crippen LogP contribution in [0.3, 0.4) is 0 Å². The summed E-state index contributed by atoms with van der Waals surface area (Å²) in [6, 6.07) is 7.98. The van der Waals surface area contributed by atoms with Gasteiger partial charge < -0.3 is 9.47 Å². The molecule has 2 aliphatic rings. The summed E-state index contributed by atoms with van der Waals surface area (Å²) < 4.78 is 27.7. The Kier molecular flexibility index (Phi) is 5.72. The molecule has 1 aromatic heterocycles. The molecule has 2 fully saturated rings. The number of nitrogens with zero attached hydrogens (tertiary/aromatic N) is 4. The van der Waals surface area contributed by atoms with Crippen molar-refractivity contribution in [3.8, 4) is 0 Å². The molecule has 4 rings (SSSR count). The lowest BCUT2D eigenvalue weighted by atomic mass is 9.96. The van der Waals surface area contributed by atoms with E-state index in [0.717, 1.165) is 27.6 Å². The number of rotatable bonds is 4. The first-order chi connectivity index (χ1) is 13.9. The second-order valence-corrected chi connectivity index (χ2v) is 10.8. The largest absolute Gasteiger partial charge is 0.328 e. The van der Waals surface area contributed by atoms with Gasteiger partial charge in [0.1, 0.15) is 5.82 Å². The fourth-order valence-electron chi connectivity index (χ4n) is 3.96. The third-order valence-electron chi connectivity index (χ3n) is 5.73. The lowest BCUT2D eigenvalue weighted by Crippen LogP contribution is -2.43. The lowest BCUT2D eigenvalue weighted by Gasteiger charge is -2.32. The minimum Gasteiger partial charge on any atom is -0.328 e. The predicted molar refractivity (Wildman–Crippen MR) is 117 cm³/mol. The van der Waals surface area contributed by atoms with Crippen LogP contribution in [0.4, 0.5) is 0 Å². The highest BCUT2D eigenvalue weighted by Crippen LogP contribution is 2.33. The molecule has 29 heavy (non-hydrogen) atoms. The van der Waals surface area contributed by atoms with E-state index in [-0.39, 0.29) is 17.6 Å². The highest BCUT2D eigenvalue weighted by molar-refractivity contribution is 8.03. The first kappa shape index (κ1) is 20.4. The number of benzene rings is 1. The SMILES string of the molecule is CCS(=O)(=O)N1CCC(C(=O)N2CCS/C2=C/c2nc3ccccc3n2C)CC1. The van der Waals surface area contributed by atoms with E-state index in [1.165, 1.54) is 4.31 Å². The highest BCUT2D eigenvalue weighted by Gasteiger charge is 2.35. The van der Waals surface area contributed by atoms with E-state index in [4.69, 9.17) is 4.98 Å². The van der Waals surface area contributed by atoms with Gasteiger partial charge in [0.2, 0.25) is 15.9 Å². The van der Waals surface area contributed by atoms with Crippen LogP contribution < -0.4 is 0 Å². The lowest BCUT2D eigenvalue weighted by molar-refractivity contribution is -0.133. The van der Waals surface area contributed by atoms with Crippen molar-refractivity contribution in [2.75, 3.05) is 31.1 Å². The van der Waals surface area contributed by atoms with Crippen LogP contribution in [0.25, 0.3) is 17.1 Å². The fraction of sp³-hybridized carbons (Fsp3) is 0.500. The monoisotopic (exact) mass is 434 g/mol. The number of piperidine rings is 1. The van der Waals surface area contributed by atoms with Gasteiger partial charge >= 0.3 is 0 Å². The molecule has 0 bridgehead atoms. The zero-order valence-corrected chi connectivity index (χ0v) is 18.4. The van der Waals surface area contributed by atoms with Crippen LogP contribution >= 0.6 is 11.8 Å². The summed E-state index contributed by atoms with van der Waals surface area (Å²) in [6.45, 7) is 3.20. The molecule has 0 atom stereocenters. The van der Waals surface area contributed by atoms with Crippen molar-refractivity contribution in [2.45, 2.75) is 19.8 Å². The van der Waals surface area contributed by atoms with E-state index in [0.29, 0.717) is 32.5 Å². The third kappa shape index (κ3) is 3.95. The highest BCUT2D eigenvalue weighted by atomic mass is 32.2. The Morgan fingerprint density at radius 2 is 1.97 bits per heavy atom. The number of carbonyl (C=O) groups is 1. The summed E-state index contributed by atoms with van der Waals surface area (Å²) in [5, 5.41) is 0.928. The molecule has 2 aromatic rings. The number of carbonyl (C=O) groups excluding carboxylic acids is 1. The standard InChI is InChI=1S/C20H26N4O3S2/c1-3-29(26,27)23-10-8-15(9-11-23)20(25)24-12-13-28-19(24)14-18-21-16-6-4-5-7-17(16)22(18)2/h4-7,14-15H,3,8-13H2,1-2H3/b19-14+. The van der Waals surface area contributed by atoms with Crippen LogP contribution in [-0.2, 0) is 21.9 Å². The zero-order chi connectivity index (χ0) is 20.6.